The van der Waals surface area contributed by atoms with Crippen molar-refractivity contribution in [2.24, 2.45) is 5.73 Å². The molecule has 0 radical (unpaired) electrons. The van der Waals surface area contributed by atoms with Crippen molar-refractivity contribution in [2.45, 2.75) is 37.6 Å². The van der Waals surface area contributed by atoms with Gasteiger partial charge in [0.05, 0.1) is 11.9 Å². The summed E-state index contributed by atoms with van der Waals surface area (Å²) >= 11 is 0. The standard InChI is InChI=1S/C15H19N3/c1-14(2,15(16)8-9-15)12-10-17-18(11-12)13-6-4-3-5-7-13/h3-7,10-11H,8-9,16H2,1-2H3. The molecule has 3 nitrogen and oxygen atoms in total. The van der Waals surface area contributed by atoms with Gasteiger partial charge in [0.2, 0.25) is 0 Å². The van der Waals surface area contributed by atoms with Crippen LogP contribution in [-0.2, 0) is 5.41 Å². The van der Waals surface area contributed by atoms with E-state index in [1.165, 1.54) is 5.56 Å². The zero-order valence-corrected chi connectivity index (χ0v) is 10.9. The van der Waals surface area contributed by atoms with Crippen LogP contribution < -0.4 is 5.73 Å². The normalized spacial score (nSPS) is 17.7. The van der Waals surface area contributed by atoms with Gasteiger partial charge in [-0.05, 0) is 30.5 Å². The SMILES string of the molecule is CC(C)(c1cnn(-c2ccccc2)c1)C1(N)CC1. The number of hydrogen-bond acceptors (Lipinski definition) is 2. The lowest BCUT2D eigenvalue weighted by molar-refractivity contribution is 0.391. The lowest BCUT2D eigenvalue weighted by Gasteiger charge is -2.30. The first-order chi connectivity index (χ1) is 8.53. The van der Waals surface area contributed by atoms with Crippen LogP contribution in [0.3, 0.4) is 0 Å². The Labute approximate surface area is 108 Å². The monoisotopic (exact) mass is 241 g/mol. The number of rotatable bonds is 3. The van der Waals surface area contributed by atoms with E-state index in [-0.39, 0.29) is 11.0 Å². The molecular weight excluding hydrogens is 222 g/mol. The number of benzene rings is 1. The van der Waals surface area contributed by atoms with Crippen LogP contribution in [0.15, 0.2) is 42.7 Å². The van der Waals surface area contributed by atoms with E-state index in [1.807, 2.05) is 29.1 Å². The number of nitrogens with zero attached hydrogens (tertiary/aromatic N) is 2. The number of nitrogens with two attached hydrogens (primary N) is 1. The van der Waals surface area contributed by atoms with Gasteiger partial charge in [-0.25, -0.2) is 4.68 Å². The largest absolute Gasteiger partial charge is 0.324 e. The van der Waals surface area contributed by atoms with Crippen molar-refractivity contribution in [3.8, 4) is 5.69 Å². The molecule has 2 aromatic rings. The molecule has 3 heteroatoms. The summed E-state index contributed by atoms with van der Waals surface area (Å²) in [6, 6.07) is 10.2. The van der Waals surface area contributed by atoms with Gasteiger partial charge in [0.1, 0.15) is 0 Å². The molecule has 0 atom stereocenters. The number of para-hydroxylation sites is 1. The van der Waals surface area contributed by atoms with Gasteiger partial charge < -0.3 is 5.73 Å². The molecule has 18 heavy (non-hydrogen) atoms. The third kappa shape index (κ3) is 1.66. The van der Waals surface area contributed by atoms with Gasteiger partial charge in [-0.2, -0.15) is 5.10 Å². The fourth-order valence-electron chi connectivity index (χ4n) is 2.41. The summed E-state index contributed by atoms with van der Waals surface area (Å²) in [5, 5.41) is 4.46. The lowest BCUT2D eigenvalue weighted by Crippen LogP contribution is -2.43. The molecule has 1 aliphatic rings. The number of hydrogen-bond donors (Lipinski definition) is 1. The molecule has 0 saturated heterocycles. The van der Waals surface area contributed by atoms with Crippen LogP contribution in [0, 0.1) is 0 Å². The summed E-state index contributed by atoms with van der Waals surface area (Å²) in [6.45, 7) is 4.43. The maximum absolute atomic E-state index is 6.37. The molecule has 94 valence electrons. The average molecular weight is 241 g/mol. The van der Waals surface area contributed by atoms with Crippen molar-refractivity contribution in [2.75, 3.05) is 0 Å². The zero-order chi connectivity index (χ0) is 12.8. The zero-order valence-electron chi connectivity index (χ0n) is 10.9. The Hall–Kier alpha value is -1.61. The maximum atomic E-state index is 6.37. The molecule has 1 aromatic carbocycles. The molecule has 3 rings (SSSR count). The third-order valence-electron chi connectivity index (χ3n) is 4.36. The van der Waals surface area contributed by atoms with Crippen molar-refractivity contribution < 1.29 is 0 Å². The van der Waals surface area contributed by atoms with E-state index in [1.54, 1.807) is 0 Å². The summed E-state index contributed by atoms with van der Waals surface area (Å²) in [7, 11) is 0. The van der Waals surface area contributed by atoms with E-state index in [4.69, 9.17) is 5.73 Å². The van der Waals surface area contributed by atoms with Gasteiger partial charge in [-0.15, -0.1) is 0 Å². The summed E-state index contributed by atoms with van der Waals surface area (Å²) in [4.78, 5) is 0. The third-order valence-corrected chi connectivity index (χ3v) is 4.36. The predicted molar refractivity (Wildman–Crippen MR) is 72.7 cm³/mol. The first-order valence-electron chi connectivity index (χ1n) is 6.42. The van der Waals surface area contributed by atoms with Crippen molar-refractivity contribution in [1.82, 2.24) is 9.78 Å². The second-order valence-corrected chi connectivity index (χ2v) is 5.79. The van der Waals surface area contributed by atoms with Gasteiger partial charge in [0.15, 0.2) is 0 Å². The fourth-order valence-corrected chi connectivity index (χ4v) is 2.41. The van der Waals surface area contributed by atoms with Crippen LogP contribution in [0.25, 0.3) is 5.69 Å². The molecule has 1 saturated carbocycles. The van der Waals surface area contributed by atoms with Crippen molar-refractivity contribution in [3.63, 3.8) is 0 Å². The van der Waals surface area contributed by atoms with E-state index in [2.05, 4.69) is 37.3 Å². The quantitative estimate of drug-likeness (QED) is 0.897. The van der Waals surface area contributed by atoms with E-state index in [0.29, 0.717) is 0 Å². The van der Waals surface area contributed by atoms with Gasteiger partial charge in [0.25, 0.3) is 0 Å². The molecule has 0 aliphatic heterocycles. The summed E-state index contributed by atoms with van der Waals surface area (Å²) in [5.74, 6) is 0. The highest BCUT2D eigenvalue weighted by Crippen LogP contribution is 2.48. The highest BCUT2D eigenvalue weighted by Gasteiger charge is 2.52. The van der Waals surface area contributed by atoms with Crippen molar-refractivity contribution in [1.29, 1.82) is 0 Å². The van der Waals surface area contributed by atoms with Crippen molar-refractivity contribution in [3.05, 3.63) is 48.3 Å². The molecule has 1 aromatic heterocycles. The van der Waals surface area contributed by atoms with Crippen LogP contribution in [0.2, 0.25) is 0 Å². The average Bonchev–Trinajstić information content (AvgIpc) is 2.96. The molecule has 1 heterocycles. The Kier molecular flexibility index (Phi) is 2.35. The Morgan fingerprint density at radius 1 is 1.22 bits per heavy atom. The Bertz CT molecular complexity index is 550. The lowest BCUT2D eigenvalue weighted by atomic mass is 9.77. The molecule has 1 aliphatic carbocycles. The van der Waals surface area contributed by atoms with Crippen LogP contribution in [0.5, 0.6) is 0 Å². The van der Waals surface area contributed by atoms with E-state index >= 15 is 0 Å². The highest BCUT2D eigenvalue weighted by molar-refractivity contribution is 5.35. The first-order valence-corrected chi connectivity index (χ1v) is 6.42. The van der Waals surface area contributed by atoms with E-state index in [0.717, 1.165) is 18.5 Å². The Morgan fingerprint density at radius 2 is 1.89 bits per heavy atom. The van der Waals surface area contributed by atoms with Gasteiger partial charge in [-0.3, -0.25) is 0 Å². The molecule has 1 fully saturated rings. The molecule has 0 unspecified atom stereocenters. The highest BCUT2D eigenvalue weighted by atomic mass is 15.3. The van der Waals surface area contributed by atoms with E-state index in [9.17, 15) is 0 Å². The van der Waals surface area contributed by atoms with Crippen LogP contribution in [0.1, 0.15) is 32.3 Å². The fraction of sp³-hybridized carbons (Fsp3) is 0.400. The predicted octanol–water partition coefficient (Wildman–Crippen LogP) is 2.64. The topological polar surface area (TPSA) is 43.8 Å². The van der Waals surface area contributed by atoms with E-state index < -0.39 is 0 Å². The van der Waals surface area contributed by atoms with Crippen molar-refractivity contribution >= 4 is 0 Å². The summed E-state index contributed by atoms with van der Waals surface area (Å²) in [5.41, 5.74) is 8.61. The molecular formula is C15H19N3. The molecule has 2 N–H and O–H groups in total. The first kappa shape index (κ1) is 11.5. The van der Waals surface area contributed by atoms with Gasteiger partial charge in [0, 0.05) is 17.2 Å². The van der Waals surface area contributed by atoms with Gasteiger partial charge in [-0.1, -0.05) is 32.0 Å². The summed E-state index contributed by atoms with van der Waals surface area (Å²) in [6.07, 6.45) is 6.26. The minimum Gasteiger partial charge on any atom is -0.324 e. The van der Waals surface area contributed by atoms with Crippen LogP contribution >= 0.6 is 0 Å². The second kappa shape index (κ2) is 3.69. The molecule has 0 bridgehead atoms. The summed E-state index contributed by atoms with van der Waals surface area (Å²) < 4.78 is 1.92. The second-order valence-electron chi connectivity index (χ2n) is 5.79. The molecule has 0 amide bonds. The number of aromatic nitrogens is 2. The molecule has 0 spiro atoms. The minimum atomic E-state index is -0.0441. The Balaban J connectivity index is 1.95. The van der Waals surface area contributed by atoms with Crippen LogP contribution in [0.4, 0.5) is 0 Å². The van der Waals surface area contributed by atoms with Crippen LogP contribution in [-0.4, -0.2) is 15.3 Å². The minimum absolute atomic E-state index is 0.0139. The maximum Gasteiger partial charge on any atom is 0.0645 e. The smallest absolute Gasteiger partial charge is 0.0645 e. The Morgan fingerprint density at radius 3 is 2.50 bits per heavy atom. The van der Waals surface area contributed by atoms with Gasteiger partial charge >= 0.3 is 0 Å².